The van der Waals surface area contributed by atoms with E-state index in [0.29, 0.717) is 17.0 Å². The van der Waals surface area contributed by atoms with Crippen molar-refractivity contribution < 1.29 is 33.1 Å². The summed E-state index contributed by atoms with van der Waals surface area (Å²) < 4.78 is 26.2. The first-order valence-corrected chi connectivity index (χ1v) is 12.3. The Morgan fingerprint density at radius 2 is 2.06 bits per heavy atom. The number of rotatable bonds is 6. The minimum atomic E-state index is -4.74. The number of thiazole rings is 1. The number of hydrogen-bond donors (Lipinski definition) is 4. The van der Waals surface area contributed by atoms with Gasteiger partial charge < -0.3 is 25.7 Å². The SMILES string of the molecule is Cc1cccc(NC(=O)[C@@H]2C[C@@H](F)CN2C(=O)Cn2nc(C(N)=O)c3nc(P(=O)(O)O)sc32)n1. The maximum Gasteiger partial charge on any atom is 0.384 e. The molecule has 0 bridgehead atoms. The first-order valence-electron chi connectivity index (χ1n) is 9.85. The molecule has 0 saturated carbocycles. The monoisotopic (exact) mass is 511 g/mol. The summed E-state index contributed by atoms with van der Waals surface area (Å²) in [6, 6.07) is 3.88. The number of carbonyl (C=O) groups is 3. The third-order valence-electron chi connectivity index (χ3n) is 5.06. The third kappa shape index (κ3) is 4.68. The van der Waals surface area contributed by atoms with Crippen LogP contribution >= 0.6 is 18.9 Å². The van der Waals surface area contributed by atoms with Gasteiger partial charge in [0.05, 0.1) is 6.54 Å². The summed E-state index contributed by atoms with van der Waals surface area (Å²) in [5, 5.41) is 6.51. The van der Waals surface area contributed by atoms with Crippen LogP contribution in [-0.2, 0) is 20.7 Å². The molecule has 3 aromatic rings. The Morgan fingerprint density at radius 3 is 2.71 bits per heavy atom. The number of fused-ring (bicyclic) bond motifs is 1. The number of pyridine rings is 1. The third-order valence-corrected chi connectivity index (χ3v) is 7.51. The molecule has 1 aliphatic rings. The molecule has 16 heteroatoms. The zero-order chi connectivity index (χ0) is 24.8. The number of likely N-dealkylation sites (tertiary alicyclic amines) is 1. The van der Waals surface area contributed by atoms with Crippen LogP contribution in [0, 0.1) is 6.92 Å². The lowest BCUT2D eigenvalue weighted by Gasteiger charge is -2.23. The molecular weight excluding hydrogens is 492 g/mol. The summed E-state index contributed by atoms with van der Waals surface area (Å²) in [6.45, 7) is 0.870. The van der Waals surface area contributed by atoms with Crippen molar-refractivity contribution in [2.24, 2.45) is 5.73 Å². The van der Waals surface area contributed by atoms with E-state index < -0.39 is 48.8 Å². The minimum Gasteiger partial charge on any atom is -0.364 e. The molecule has 1 fully saturated rings. The van der Waals surface area contributed by atoms with E-state index in [1.54, 1.807) is 25.1 Å². The minimum absolute atomic E-state index is 0.0291. The highest BCUT2D eigenvalue weighted by molar-refractivity contribution is 7.67. The number of halogens is 1. The molecule has 1 saturated heterocycles. The van der Waals surface area contributed by atoms with Gasteiger partial charge >= 0.3 is 7.60 Å². The van der Waals surface area contributed by atoms with Crippen LogP contribution in [0.25, 0.3) is 10.3 Å². The van der Waals surface area contributed by atoms with Crippen molar-refractivity contribution in [1.29, 1.82) is 0 Å². The molecule has 34 heavy (non-hydrogen) atoms. The van der Waals surface area contributed by atoms with E-state index in [4.69, 9.17) is 5.73 Å². The first kappa shape index (κ1) is 23.9. The van der Waals surface area contributed by atoms with Gasteiger partial charge in [-0.1, -0.05) is 17.4 Å². The molecule has 0 aromatic carbocycles. The molecule has 1 aliphatic heterocycles. The van der Waals surface area contributed by atoms with Crippen LogP contribution in [0.1, 0.15) is 22.6 Å². The average Bonchev–Trinajstić information content (AvgIpc) is 3.41. The van der Waals surface area contributed by atoms with E-state index in [0.717, 1.165) is 9.58 Å². The van der Waals surface area contributed by atoms with Gasteiger partial charge in [0.25, 0.3) is 5.91 Å². The maximum absolute atomic E-state index is 14.2. The van der Waals surface area contributed by atoms with Crippen molar-refractivity contribution in [2.45, 2.75) is 32.1 Å². The van der Waals surface area contributed by atoms with Gasteiger partial charge in [0.15, 0.2) is 5.69 Å². The summed E-state index contributed by atoms with van der Waals surface area (Å²) in [4.78, 5) is 65.3. The molecule has 180 valence electrons. The van der Waals surface area contributed by atoms with Gasteiger partial charge in [0.1, 0.15) is 34.9 Å². The smallest absolute Gasteiger partial charge is 0.364 e. The quantitative estimate of drug-likeness (QED) is 0.321. The van der Waals surface area contributed by atoms with Crippen LogP contribution in [0.3, 0.4) is 0 Å². The van der Waals surface area contributed by atoms with Crippen molar-refractivity contribution in [2.75, 3.05) is 11.9 Å². The second kappa shape index (κ2) is 8.83. The fourth-order valence-electron chi connectivity index (χ4n) is 3.59. The second-order valence-electron chi connectivity index (χ2n) is 7.61. The lowest BCUT2D eigenvalue weighted by molar-refractivity contribution is -0.137. The van der Waals surface area contributed by atoms with E-state index >= 15 is 0 Å². The predicted molar refractivity (Wildman–Crippen MR) is 118 cm³/mol. The Bertz CT molecular complexity index is 1350. The number of amides is 3. The molecule has 2 atom stereocenters. The molecule has 4 heterocycles. The molecular formula is C18H19FN7O6PS. The topological polar surface area (TPSA) is 194 Å². The van der Waals surface area contributed by atoms with Gasteiger partial charge in [-0.05, 0) is 19.1 Å². The highest BCUT2D eigenvalue weighted by Crippen LogP contribution is 2.37. The summed E-state index contributed by atoms with van der Waals surface area (Å²) in [5.74, 6) is -2.05. The Balaban J connectivity index is 1.59. The van der Waals surface area contributed by atoms with Crippen molar-refractivity contribution in [1.82, 2.24) is 24.6 Å². The van der Waals surface area contributed by atoms with Gasteiger partial charge in [0, 0.05) is 12.1 Å². The summed E-state index contributed by atoms with van der Waals surface area (Å²) in [7, 11) is -4.74. The molecule has 5 N–H and O–H groups in total. The maximum atomic E-state index is 14.2. The normalized spacial score (nSPS) is 18.4. The molecule has 13 nitrogen and oxygen atoms in total. The molecule has 0 spiro atoms. The lowest BCUT2D eigenvalue weighted by atomic mass is 10.2. The average molecular weight is 511 g/mol. The van der Waals surface area contributed by atoms with Crippen molar-refractivity contribution in [3.05, 3.63) is 29.6 Å². The number of primary amides is 1. The van der Waals surface area contributed by atoms with E-state index in [1.807, 2.05) is 0 Å². The second-order valence-corrected chi connectivity index (χ2v) is 10.4. The standard InChI is InChI=1S/C18H19FN7O6PS/c1-8-3-2-4-11(21-8)22-16(29)10-5-9(19)6-25(10)12(27)7-26-17-14(13(24-26)15(20)28)23-18(34-17)33(30,31)32/h2-4,9-10H,5-7H2,1H3,(H2,20,28)(H,21,22,29)(H2,30,31,32)/t9-,10+/m1/s1. The van der Waals surface area contributed by atoms with Crippen LogP contribution in [0.2, 0.25) is 0 Å². The molecule has 0 aliphatic carbocycles. The summed E-state index contributed by atoms with van der Waals surface area (Å²) in [6.07, 6.45) is -1.65. The Labute approximate surface area is 194 Å². The van der Waals surface area contributed by atoms with E-state index in [9.17, 15) is 33.1 Å². The van der Waals surface area contributed by atoms with E-state index in [-0.39, 0.29) is 34.8 Å². The van der Waals surface area contributed by atoms with Crippen LogP contribution < -0.4 is 15.8 Å². The van der Waals surface area contributed by atoms with Gasteiger partial charge in [-0.25, -0.2) is 19.0 Å². The predicted octanol–water partition coefficient (Wildman–Crippen LogP) is -0.324. The number of anilines is 1. The number of nitrogens with zero attached hydrogens (tertiary/aromatic N) is 5. The number of nitrogens with one attached hydrogen (secondary N) is 1. The number of alkyl halides is 1. The Morgan fingerprint density at radius 1 is 1.32 bits per heavy atom. The van der Waals surface area contributed by atoms with Crippen LogP contribution in [0.15, 0.2) is 18.2 Å². The summed E-state index contributed by atoms with van der Waals surface area (Å²) >= 11 is 0.550. The van der Waals surface area contributed by atoms with Crippen molar-refractivity contribution >= 4 is 57.6 Å². The molecule has 0 radical (unpaired) electrons. The largest absolute Gasteiger partial charge is 0.384 e. The highest BCUT2D eigenvalue weighted by Gasteiger charge is 2.40. The van der Waals surface area contributed by atoms with Gasteiger partial charge in [0.2, 0.25) is 16.6 Å². The van der Waals surface area contributed by atoms with Gasteiger partial charge in [-0.2, -0.15) is 5.10 Å². The molecule has 4 rings (SSSR count). The fraction of sp³-hybridized carbons (Fsp3) is 0.333. The lowest BCUT2D eigenvalue weighted by Crippen LogP contribution is -2.44. The fourth-order valence-corrected chi connectivity index (χ4v) is 5.32. The van der Waals surface area contributed by atoms with Gasteiger partial charge in [-0.15, -0.1) is 0 Å². The number of aryl methyl sites for hydroxylation is 1. The first-order chi connectivity index (χ1) is 15.9. The number of carbonyl (C=O) groups excluding carboxylic acids is 3. The van der Waals surface area contributed by atoms with Gasteiger partial charge in [-0.3, -0.25) is 18.9 Å². The number of aromatic nitrogens is 4. The van der Waals surface area contributed by atoms with E-state index in [1.165, 1.54) is 0 Å². The van der Waals surface area contributed by atoms with E-state index in [2.05, 4.69) is 20.4 Å². The summed E-state index contributed by atoms with van der Waals surface area (Å²) in [5.41, 5.74) is 5.41. The molecule has 0 unspecified atom stereocenters. The number of hydrogen-bond acceptors (Lipinski definition) is 8. The van der Waals surface area contributed by atoms with Crippen LogP contribution in [0.4, 0.5) is 10.2 Å². The van der Waals surface area contributed by atoms with Crippen molar-refractivity contribution in [3.63, 3.8) is 0 Å². The van der Waals surface area contributed by atoms with Crippen molar-refractivity contribution in [3.8, 4) is 0 Å². The number of nitrogens with two attached hydrogens (primary N) is 1. The Hall–Kier alpha value is -3.26. The Kier molecular flexibility index (Phi) is 6.20. The molecule has 3 aromatic heterocycles. The van der Waals surface area contributed by atoms with Crippen LogP contribution in [-0.4, -0.2) is 70.9 Å². The van der Waals surface area contributed by atoms with Crippen LogP contribution in [0.5, 0.6) is 0 Å². The zero-order valence-electron chi connectivity index (χ0n) is 17.6. The molecule has 3 amide bonds. The highest BCUT2D eigenvalue weighted by atomic mass is 32.1. The zero-order valence-corrected chi connectivity index (χ0v) is 19.3.